The van der Waals surface area contributed by atoms with Gasteiger partial charge in [-0.05, 0) is 22.4 Å². The Morgan fingerprint density at radius 3 is 2.24 bits per heavy atom. The highest BCUT2D eigenvalue weighted by Gasteiger charge is 2.34. The molecular weight excluding hydrogens is 428 g/mol. The second-order valence-electron chi connectivity index (χ2n) is 7.24. The van der Waals surface area contributed by atoms with E-state index in [2.05, 4.69) is 5.32 Å². The van der Waals surface area contributed by atoms with Crippen LogP contribution in [0.1, 0.15) is 28.3 Å². The van der Waals surface area contributed by atoms with Crippen molar-refractivity contribution < 1.29 is 28.8 Å². The fourth-order valence-electron chi connectivity index (χ4n) is 3.63. The van der Waals surface area contributed by atoms with Crippen LogP contribution >= 0.6 is 0 Å². The smallest absolute Gasteiger partial charge is 0.329 e. The molecule has 3 aromatic rings. The van der Waals surface area contributed by atoms with Crippen LogP contribution in [0, 0.1) is 10.1 Å². The van der Waals surface area contributed by atoms with Crippen LogP contribution in [-0.2, 0) is 19.1 Å². The summed E-state index contributed by atoms with van der Waals surface area (Å²) in [7, 11) is 2.38. The van der Waals surface area contributed by atoms with Crippen LogP contribution in [0.2, 0.25) is 0 Å². The van der Waals surface area contributed by atoms with Crippen LogP contribution in [-0.4, -0.2) is 43.0 Å². The summed E-state index contributed by atoms with van der Waals surface area (Å²) in [4.78, 5) is 48.5. The van der Waals surface area contributed by atoms with Gasteiger partial charge in [0.05, 0.1) is 25.6 Å². The number of benzene rings is 3. The number of esters is 2. The number of amides is 1. The van der Waals surface area contributed by atoms with Crippen LogP contribution in [0.3, 0.4) is 0 Å². The SMILES string of the molecule is COC(=O)C[C@@H](c1ccc([N+](=O)[O-])cc1)[C@@H](NC(=O)c1cccc2ccccc12)C(=O)OC. The molecule has 0 unspecified atom stereocenters. The summed E-state index contributed by atoms with van der Waals surface area (Å²) in [6, 6.07) is 16.7. The van der Waals surface area contributed by atoms with Crippen molar-refractivity contribution in [3.8, 4) is 0 Å². The van der Waals surface area contributed by atoms with Gasteiger partial charge in [0.15, 0.2) is 0 Å². The van der Waals surface area contributed by atoms with Crippen molar-refractivity contribution in [2.24, 2.45) is 0 Å². The number of hydrogen-bond acceptors (Lipinski definition) is 7. The van der Waals surface area contributed by atoms with Gasteiger partial charge >= 0.3 is 11.9 Å². The lowest BCUT2D eigenvalue weighted by Gasteiger charge is -2.26. The number of non-ortho nitro benzene ring substituents is 1. The molecule has 0 aromatic heterocycles. The summed E-state index contributed by atoms with van der Waals surface area (Å²) in [6.45, 7) is 0. The summed E-state index contributed by atoms with van der Waals surface area (Å²) in [5.74, 6) is -2.80. The molecule has 3 rings (SSSR count). The van der Waals surface area contributed by atoms with Crippen molar-refractivity contribution in [2.45, 2.75) is 18.4 Å². The van der Waals surface area contributed by atoms with E-state index in [-0.39, 0.29) is 12.1 Å². The molecule has 0 radical (unpaired) electrons. The van der Waals surface area contributed by atoms with Crippen LogP contribution < -0.4 is 5.32 Å². The summed E-state index contributed by atoms with van der Waals surface area (Å²) >= 11 is 0. The van der Waals surface area contributed by atoms with E-state index < -0.39 is 34.7 Å². The van der Waals surface area contributed by atoms with Crippen molar-refractivity contribution in [1.82, 2.24) is 5.32 Å². The Balaban J connectivity index is 2.00. The molecule has 2 atom stereocenters. The van der Waals surface area contributed by atoms with Crippen molar-refractivity contribution in [1.29, 1.82) is 0 Å². The molecular formula is C24H22N2O7. The Hall–Kier alpha value is -4.27. The highest BCUT2D eigenvalue weighted by molar-refractivity contribution is 6.08. The Morgan fingerprint density at radius 1 is 0.939 bits per heavy atom. The predicted molar refractivity (Wildman–Crippen MR) is 120 cm³/mol. The molecule has 3 aromatic carbocycles. The zero-order valence-electron chi connectivity index (χ0n) is 18.0. The minimum Gasteiger partial charge on any atom is -0.469 e. The third-order valence-electron chi connectivity index (χ3n) is 5.32. The monoisotopic (exact) mass is 450 g/mol. The van der Waals surface area contributed by atoms with Gasteiger partial charge in [-0.25, -0.2) is 4.79 Å². The molecule has 0 aliphatic rings. The van der Waals surface area contributed by atoms with Gasteiger partial charge in [0.2, 0.25) is 0 Å². The van der Waals surface area contributed by atoms with E-state index in [9.17, 15) is 24.5 Å². The maximum atomic E-state index is 13.2. The van der Waals surface area contributed by atoms with Gasteiger partial charge in [0.1, 0.15) is 6.04 Å². The topological polar surface area (TPSA) is 125 Å². The molecule has 9 nitrogen and oxygen atoms in total. The third kappa shape index (κ3) is 5.32. The number of fused-ring (bicyclic) bond motifs is 1. The van der Waals surface area contributed by atoms with Crippen LogP contribution in [0.4, 0.5) is 5.69 Å². The first-order valence-corrected chi connectivity index (χ1v) is 10.0. The number of ether oxygens (including phenoxy) is 2. The standard InChI is InChI=1S/C24H22N2O7/c1-32-21(27)14-20(16-10-12-17(13-11-16)26(30)31)22(24(29)33-2)25-23(28)19-9-5-7-15-6-3-4-8-18(15)19/h3-13,20,22H,14H2,1-2H3,(H,25,28)/t20-,22+/m0/s1. The first-order valence-electron chi connectivity index (χ1n) is 10.0. The number of hydrogen-bond donors (Lipinski definition) is 1. The molecule has 33 heavy (non-hydrogen) atoms. The average molecular weight is 450 g/mol. The number of nitrogens with zero attached hydrogens (tertiary/aromatic N) is 1. The summed E-state index contributed by atoms with van der Waals surface area (Å²) < 4.78 is 9.67. The number of nitro groups is 1. The van der Waals surface area contributed by atoms with Gasteiger partial charge < -0.3 is 14.8 Å². The van der Waals surface area contributed by atoms with E-state index >= 15 is 0 Å². The first kappa shape index (κ1) is 23.4. The zero-order chi connectivity index (χ0) is 24.0. The lowest BCUT2D eigenvalue weighted by Crippen LogP contribution is -2.46. The molecule has 0 aliphatic carbocycles. The van der Waals surface area contributed by atoms with Crippen molar-refractivity contribution in [3.63, 3.8) is 0 Å². The number of rotatable bonds is 8. The van der Waals surface area contributed by atoms with Gasteiger partial charge in [0.25, 0.3) is 11.6 Å². The lowest BCUT2D eigenvalue weighted by molar-refractivity contribution is -0.384. The maximum absolute atomic E-state index is 13.2. The van der Waals surface area contributed by atoms with Gasteiger partial charge in [-0.1, -0.05) is 48.5 Å². The highest BCUT2D eigenvalue weighted by atomic mass is 16.6. The fourth-order valence-corrected chi connectivity index (χ4v) is 3.63. The van der Waals surface area contributed by atoms with E-state index in [1.54, 1.807) is 24.3 Å². The number of nitrogens with one attached hydrogen (secondary N) is 1. The molecule has 1 amide bonds. The molecule has 0 saturated carbocycles. The van der Waals surface area contributed by atoms with Gasteiger partial charge in [0, 0.05) is 23.6 Å². The highest BCUT2D eigenvalue weighted by Crippen LogP contribution is 2.28. The minimum absolute atomic E-state index is 0.148. The summed E-state index contributed by atoms with van der Waals surface area (Å²) in [5, 5.41) is 15.2. The van der Waals surface area contributed by atoms with E-state index in [0.717, 1.165) is 5.39 Å². The number of nitro benzene ring substituents is 1. The van der Waals surface area contributed by atoms with E-state index in [4.69, 9.17) is 9.47 Å². The lowest BCUT2D eigenvalue weighted by atomic mass is 9.87. The van der Waals surface area contributed by atoms with Crippen LogP contribution in [0.15, 0.2) is 66.7 Å². The Kier molecular flexibility index (Phi) is 7.34. The molecule has 0 saturated heterocycles. The predicted octanol–water partition coefficient (Wildman–Crippen LogP) is 3.37. The normalized spacial score (nSPS) is 12.4. The van der Waals surface area contributed by atoms with E-state index in [1.807, 2.05) is 18.2 Å². The number of methoxy groups -OCH3 is 2. The third-order valence-corrected chi connectivity index (χ3v) is 5.32. The fraction of sp³-hybridized carbons (Fsp3) is 0.208. The molecule has 0 heterocycles. The van der Waals surface area contributed by atoms with E-state index in [1.165, 1.54) is 38.5 Å². The van der Waals surface area contributed by atoms with Crippen LogP contribution in [0.5, 0.6) is 0 Å². The Labute approximate surface area is 189 Å². The van der Waals surface area contributed by atoms with Gasteiger partial charge in [-0.2, -0.15) is 0 Å². The van der Waals surface area contributed by atoms with Gasteiger partial charge in [-0.15, -0.1) is 0 Å². The second kappa shape index (κ2) is 10.4. The molecule has 9 heteroatoms. The molecule has 0 fully saturated rings. The molecule has 1 N–H and O–H groups in total. The Bertz CT molecular complexity index is 1190. The molecule has 0 spiro atoms. The average Bonchev–Trinajstić information content (AvgIpc) is 2.84. The maximum Gasteiger partial charge on any atom is 0.329 e. The zero-order valence-corrected chi connectivity index (χ0v) is 18.0. The summed E-state index contributed by atoms with van der Waals surface area (Å²) in [5.41, 5.74) is 0.632. The Morgan fingerprint density at radius 2 is 1.61 bits per heavy atom. The van der Waals surface area contributed by atoms with Crippen LogP contribution in [0.25, 0.3) is 10.8 Å². The largest absolute Gasteiger partial charge is 0.469 e. The molecule has 0 aliphatic heterocycles. The quantitative estimate of drug-likeness (QED) is 0.317. The summed E-state index contributed by atoms with van der Waals surface area (Å²) in [6.07, 6.45) is -0.260. The number of carbonyl (C=O) groups excluding carboxylic acids is 3. The minimum atomic E-state index is -1.25. The number of carbonyl (C=O) groups is 3. The van der Waals surface area contributed by atoms with Gasteiger partial charge in [-0.3, -0.25) is 19.7 Å². The molecule has 0 bridgehead atoms. The van der Waals surface area contributed by atoms with E-state index in [0.29, 0.717) is 16.5 Å². The first-order chi connectivity index (χ1) is 15.8. The molecule has 170 valence electrons. The van der Waals surface area contributed by atoms with Crippen molar-refractivity contribution in [3.05, 3.63) is 88.0 Å². The van der Waals surface area contributed by atoms with Crippen molar-refractivity contribution >= 4 is 34.3 Å². The van der Waals surface area contributed by atoms with Crippen molar-refractivity contribution in [2.75, 3.05) is 14.2 Å². The second-order valence-corrected chi connectivity index (χ2v) is 7.24.